The molecule has 0 aliphatic carbocycles. The molecule has 0 amide bonds. The summed E-state index contributed by atoms with van der Waals surface area (Å²) in [6.45, 7) is 3.76. The summed E-state index contributed by atoms with van der Waals surface area (Å²) in [4.78, 5) is 22.5. The second-order valence-corrected chi connectivity index (χ2v) is 12.9. The average molecular weight is 700 g/mol. The van der Waals surface area contributed by atoms with E-state index in [9.17, 15) is 39.6 Å². The summed E-state index contributed by atoms with van der Waals surface area (Å²) in [7, 11) is -3.83. The lowest BCUT2D eigenvalue weighted by atomic mass is 10.2. The third-order valence-corrected chi connectivity index (χ3v) is 9.74. The molecule has 0 spiro atoms. The standard InChI is InChI=1S/C20H19F3N4O4S.C10H12F3N3/c21-20(22,23)15-2-4-18(24-12-15)25-7-9-27(10-8-25)32(30,31)16-3-1-14-5-6-26(13-19(28)29)17(14)11-16;11-10(12,13)8-1-2-9(15-7-8)16-5-3-14-4-6-16/h1-6,11-12H,7-10,13H2,(H,28,29);1-2,7,14H,3-6H2. The van der Waals surface area contributed by atoms with Crippen LogP contribution in [0.1, 0.15) is 11.1 Å². The fourth-order valence-electron chi connectivity index (χ4n) is 5.29. The van der Waals surface area contributed by atoms with Crippen LogP contribution in [0.3, 0.4) is 0 Å². The first-order valence-electron chi connectivity index (χ1n) is 14.7. The number of aliphatic carboxylic acids is 1. The van der Waals surface area contributed by atoms with Crippen molar-refractivity contribution in [2.45, 2.75) is 23.8 Å². The number of halogens is 6. The monoisotopic (exact) mass is 699 g/mol. The predicted octanol–water partition coefficient (Wildman–Crippen LogP) is 4.16. The van der Waals surface area contributed by atoms with Gasteiger partial charge in [-0.15, -0.1) is 0 Å². The lowest BCUT2D eigenvalue weighted by Crippen LogP contribution is -2.48. The van der Waals surface area contributed by atoms with Crippen molar-refractivity contribution in [3.63, 3.8) is 0 Å². The van der Waals surface area contributed by atoms with Gasteiger partial charge in [-0.05, 0) is 47.9 Å². The summed E-state index contributed by atoms with van der Waals surface area (Å²) in [5, 5.41) is 12.9. The zero-order valence-corrected chi connectivity index (χ0v) is 26.1. The van der Waals surface area contributed by atoms with Crippen LogP contribution in [-0.2, 0) is 33.7 Å². The number of hydrogen-bond donors (Lipinski definition) is 2. The molecule has 3 aromatic heterocycles. The van der Waals surface area contributed by atoms with E-state index in [0.29, 0.717) is 17.2 Å². The second kappa shape index (κ2) is 14.0. The number of carboxylic acid groups (broad SMARTS) is 1. The Kier molecular flexibility index (Phi) is 10.2. The van der Waals surface area contributed by atoms with Gasteiger partial charge in [0, 0.05) is 76.5 Å². The molecule has 2 saturated heterocycles. The summed E-state index contributed by atoms with van der Waals surface area (Å²) in [5.41, 5.74) is -1.04. The number of nitrogens with zero attached hydrogens (tertiary/aromatic N) is 6. The molecule has 0 bridgehead atoms. The molecule has 0 unspecified atom stereocenters. The molecule has 48 heavy (non-hydrogen) atoms. The maximum Gasteiger partial charge on any atom is 0.417 e. The maximum atomic E-state index is 13.1. The Morgan fingerprint density at radius 1 is 0.771 bits per heavy atom. The van der Waals surface area contributed by atoms with Crippen molar-refractivity contribution in [1.82, 2.24) is 24.2 Å². The summed E-state index contributed by atoms with van der Waals surface area (Å²) >= 11 is 0. The van der Waals surface area contributed by atoms with Crippen LogP contribution in [0.5, 0.6) is 0 Å². The molecule has 2 aliphatic heterocycles. The number of anilines is 2. The molecule has 2 N–H and O–H groups in total. The molecule has 6 rings (SSSR count). The number of benzene rings is 1. The zero-order chi connectivity index (χ0) is 34.7. The highest BCUT2D eigenvalue weighted by Crippen LogP contribution is 2.31. The fraction of sp³-hybridized carbons (Fsp3) is 0.367. The molecule has 5 heterocycles. The minimum Gasteiger partial charge on any atom is -0.480 e. The van der Waals surface area contributed by atoms with Gasteiger partial charge in [0.1, 0.15) is 18.2 Å². The van der Waals surface area contributed by atoms with Crippen LogP contribution < -0.4 is 15.1 Å². The molecule has 11 nitrogen and oxygen atoms in total. The topological polar surface area (TPSA) is 124 Å². The van der Waals surface area contributed by atoms with Gasteiger partial charge < -0.3 is 24.8 Å². The van der Waals surface area contributed by atoms with E-state index in [1.54, 1.807) is 23.2 Å². The number of aromatic nitrogens is 3. The highest BCUT2D eigenvalue weighted by molar-refractivity contribution is 7.89. The van der Waals surface area contributed by atoms with Crippen molar-refractivity contribution in [3.05, 3.63) is 78.2 Å². The number of piperazine rings is 2. The van der Waals surface area contributed by atoms with Crippen LogP contribution in [0.4, 0.5) is 38.0 Å². The van der Waals surface area contributed by atoms with Gasteiger partial charge in [-0.3, -0.25) is 4.79 Å². The molecule has 2 aliphatic rings. The molecular formula is C30H31F6N7O4S. The molecule has 1 aromatic carbocycles. The number of pyridine rings is 2. The summed E-state index contributed by atoms with van der Waals surface area (Å²) < 4.78 is 104. The molecule has 258 valence electrons. The molecule has 4 aromatic rings. The van der Waals surface area contributed by atoms with E-state index >= 15 is 0 Å². The van der Waals surface area contributed by atoms with Crippen molar-refractivity contribution in [2.75, 3.05) is 62.2 Å². The Morgan fingerprint density at radius 3 is 1.79 bits per heavy atom. The van der Waals surface area contributed by atoms with Crippen LogP contribution in [0.15, 0.2) is 72.0 Å². The highest BCUT2D eigenvalue weighted by atomic mass is 32.2. The van der Waals surface area contributed by atoms with Crippen LogP contribution in [0, 0.1) is 0 Å². The van der Waals surface area contributed by atoms with E-state index in [0.717, 1.165) is 56.1 Å². The Morgan fingerprint density at radius 2 is 1.31 bits per heavy atom. The molecule has 0 saturated carbocycles. The van der Waals surface area contributed by atoms with Crippen molar-refractivity contribution in [3.8, 4) is 0 Å². The van der Waals surface area contributed by atoms with Crippen molar-refractivity contribution in [2.24, 2.45) is 0 Å². The Hall–Kier alpha value is -4.42. The Labute approximate surface area is 271 Å². The third kappa shape index (κ3) is 8.16. The number of fused-ring (bicyclic) bond motifs is 1. The number of carboxylic acids is 1. The molecule has 0 atom stereocenters. The normalized spacial score (nSPS) is 16.5. The molecule has 2 fully saturated rings. The van der Waals surface area contributed by atoms with E-state index in [4.69, 9.17) is 5.11 Å². The van der Waals surface area contributed by atoms with Gasteiger partial charge in [0.15, 0.2) is 0 Å². The van der Waals surface area contributed by atoms with Gasteiger partial charge in [-0.2, -0.15) is 30.6 Å². The summed E-state index contributed by atoms with van der Waals surface area (Å²) in [6.07, 6.45) is -5.54. The fourth-order valence-corrected chi connectivity index (χ4v) is 6.73. The first-order valence-corrected chi connectivity index (χ1v) is 16.1. The van der Waals surface area contributed by atoms with Gasteiger partial charge in [0.25, 0.3) is 0 Å². The predicted molar refractivity (Wildman–Crippen MR) is 164 cm³/mol. The number of carbonyl (C=O) groups is 1. The van der Waals surface area contributed by atoms with Gasteiger partial charge in [-0.1, -0.05) is 6.07 Å². The highest BCUT2D eigenvalue weighted by Gasteiger charge is 2.33. The quantitative estimate of drug-likeness (QED) is 0.286. The van der Waals surface area contributed by atoms with E-state index in [2.05, 4.69) is 15.3 Å². The SMILES string of the molecule is FC(F)(F)c1ccc(N2CCNCC2)nc1.O=C(O)Cn1ccc2ccc(S(=O)(=O)N3CCN(c4ccc(C(F)(F)F)cn4)CC3)cc21. The number of sulfonamides is 1. The van der Waals surface area contributed by atoms with Crippen LogP contribution >= 0.6 is 0 Å². The Balaban J connectivity index is 0.000000236. The maximum absolute atomic E-state index is 13.1. The lowest BCUT2D eigenvalue weighted by Gasteiger charge is -2.34. The molecule has 18 heteroatoms. The van der Waals surface area contributed by atoms with Gasteiger partial charge in [-0.25, -0.2) is 18.4 Å². The summed E-state index contributed by atoms with van der Waals surface area (Å²) in [5.74, 6) is -0.0822. The van der Waals surface area contributed by atoms with Crippen LogP contribution in [0.25, 0.3) is 10.9 Å². The third-order valence-electron chi connectivity index (χ3n) is 7.84. The largest absolute Gasteiger partial charge is 0.480 e. The smallest absolute Gasteiger partial charge is 0.417 e. The van der Waals surface area contributed by atoms with Crippen LogP contribution in [-0.4, -0.2) is 90.7 Å². The van der Waals surface area contributed by atoms with E-state index in [1.807, 2.05) is 4.90 Å². The van der Waals surface area contributed by atoms with E-state index in [-0.39, 0.29) is 37.6 Å². The minimum absolute atomic E-state index is 0.0523. The van der Waals surface area contributed by atoms with Gasteiger partial charge in [0.05, 0.1) is 16.0 Å². The number of rotatable bonds is 6. The van der Waals surface area contributed by atoms with Crippen LogP contribution in [0.2, 0.25) is 0 Å². The zero-order valence-electron chi connectivity index (χ0n) is 25.2. The Bertz CT molecular complexity index is 1820. The number of hydrogen-bond acceptors (Lipinski definition) is 8. The number of nitrogens with one attached hydrogen (secondary N) is 1. The van der Waals surface area contributed by atoms with Crippen molar-refractivity contribution in [1.29, 1.82) is 0 Å². The second-order valence-electron chi connectivity index (χ2n) is 11.0. The average Bonchev–Trinajstić information content (AvgIpc) is 3.46. The first-order chi connectivity index (χ1) is 22.6. The van der Waals surface area contributed by atoms with E-state index < -0.39 is 39.5 Å². The molecular weight excluding hydrogens is 668 g/mol. The minimum atomic E-state index is -4.47. The number of alkyl halides is 6. The van der Waals surface area contributed by atoms with Crippen molar-refractivity contribution >= 4 is 38.5 Å². The van der Waals surface area contributed by atoms with Gasteiger partial charge in [0.2, 0.25) is 10.0 Å². The molecule has 0 radical (unpaired) electrons. The summed E-state index contributed by atoms with van der Waals surface area (Å²) in [6, 6.07) is 11.0. The van der Waals surface area contributed by atoms with E-state index in [1.165, 1.54) is 33.1 Å². The lowest BCUT2D eigenvalue weighted by molar-refractivity contribution is -0.138. The van der Waals surface area contributed by atoms with Gasteiger partial charge >= 0.3 is 18.3 Å². The van der Waals surface area contributed by atoms with Crippen molar-refractivity contribution < 1.29 is 44.7 Å². The first kappa shape index (κ1) is 34.9.